The van der Waals surface area contributed by atoms with Crippen LogP contribution in [0.3, 0.4) is 0 Å². The minimum Gasteiger partial charge on any atom is -0.486 e. The van der Waals surface area contributed by atoms with Crippen molar-refractivity contribution in [3.63, 3.8) is 0 Å². The van der Waals surface area contributed by atoms with E-state index in [1.807, 2.05) is 18.2 Å². The largest absolute Gasteiger partial charge is 0.486 e. The third-order valence-corrected chi connectivity index (χ3v) is 6.14. The summed E-state index contributed by atoms with van der Waals surface area (Å²) in [4.78, 5) is 27.1. The van der Waals surface area contributed by atoms with E-state index in [4.69, 9.17) is 9.47 Å². The van der Waals surface area contributed by atoms with Gasteiger partial charge in [0.2, 0.25) is 11.8 Å². The van der Waals surface area contributed by atoms with Crippen LogP contribution in [-0.4, -0.2) is 37.1 Å². The van der Waals surface area contributed by atoms with Crippen molar-refractivity contribution >= 4 is 17.5 Å². The molecule has 2 heterocycles. The quantitative estimate of drug-likeness (QED) is 0.886. The average molecular weight is 372 g/mol. The Morgan fingerprint density at radius 2 is 1.89 bits per heavy atom. The number of carbonyl (C=O) groups is 2. The molecule has 2 fully saturated rings. The second-order valence-corrected chi connectivity index (χ2v) is 8.47. The van der Waals surface area contributed by atoms with E-state index in [0.717, 1.165) is 37.3 Å². The molecule has 0 radical (unpaired) electrons. The molecule has 146 valence electrons. The first-order valence-corrected chi connectivity index (χ1v) is 9.96. The maximum atomic E-state index is 12.8. The fraction of sp³-hybridized carbons (Fsp3) is 0.619. The predicted molar refractivity (Wildman–Crippen MR) is 102 cm³/mol. The lowest BCUT2D eigenvalue weighted by atomic mass is 9.78. The van der Waals surface area contributed by atoms with E-state index in [1.165, 1.54) is 0 Å². The number of fused-ring (bicyclic) bond motifs is 1. The Balaban J connectivity index is 1.42. The number of benzene rings is 1. The number of amides is 2. The Kier molecular flexibility index (Phi) is 4.74. The van der Waals surface area contributed by atoms with Gasteiger partial charge in [-0.15, -0.1) is 0 Å². The van der Waals surface area contributed by atoms with Gasteiger partial charge < -0.3 is 19.7 Å². The van der Waals surface area contributed by atoms with Gasteiger partial charge in [0.05, 0.1) is 5.92 Å². The molecule has 2 amide bonds. The molecule has 0 aromatic heterocycles. The summed E-state index contributed by atoms with van der Waals surface area (Å²) in [5.74, 6) is 1.76. The van der Waals surface area contributed by atoms with Crippen LogP contribution in [-0.2, 0) is 9.59 Å². The summed E-state index contributed by atoms with van der Waals surface area (Å²) in [6, 6.07) is 5.51. The molecule has 3 aliphatic rings. The molecule has 6 heteroatoms. The lowest BCUT2D eigenvalue weighted by molar-refractivity contribution is -0.128. The van der Waals surface area contributed by atoms with Crippen molar-refractivity contribution in [3.8, 4) is 11.5 Å². The van der Waals surface area contributed by atoms with Crippen LogP contribution in [0.4, 0.5) is 5.69 Å². The summed E-state index contributed by atoms with van der Waals surface area (Å²) in [6.07, 6.45) is 4.55. The molecule has 1 aliphatic carbocycles. The lowest BCUT2D eigenvalue weighted by Gasteiger charge is -2.37. The standard InChI is InChI=1S/C21H28N2O4/c1-14-5-7-21(2,8-6-14)22-20(25)15-11-19(24)23(13-15)16-3-4-17-18(12-16)27-10-9-26-17/h3-4,12,14-15H,5-11,13H2,1-2H3,(H,22,25). The van der Waals surface area contributed by atoms with Gasteiger partial charge in [-0.3, -0.25) is 9.59 Å². The van der Waals surface area contributed by atoms with Crippen molar-refractivity contribution < 1.29 is 19.1 Å². The van der Waals surface area contributed by atoms with Crippen molar-refractivity contribution in [1.82, 2.24) is 5.32 Å². The van der Waals surface area contributed by atoms with Crippen LogP contribution in [0.1, 0.15) is 46.0 Å². The Labute approximate surface area is 160 Å². The van der Waals surface area contributed by atoms with Crippen LogP contribution >= 0.6 is 0 Å². The number of anilines is 1. The zero-order valence-electron chi connectivity index (χ0n) is 16.1. The van der Waals surface area contributed by atoms with Crippen molar-refractivity contribution in [2.24, 2.45) is 11.8 Å². The van der Waals surface area contributed by atoms with Crippen molar-refractivity contribution in [1.29, 1.82) is 0 Å². The average Bonchev–Trinajstić information content (AvgIpc) is 3.06. The smallest absolute Gasteiger partial charge is 0.227 e. The molecule has 1 atom stereocenters. The molecule has 0 bridgehead atoms. The second-order valence-electron chi connectivity index (χ2n) is 8.47. The Morgan fingerprint density at radius 3 is 2.63 bits per heavy atom. The van der Waals surface area contributed by atoms with Gasteiger partial charge in [-0.25, -0.2) is 0 Å². The molecule has 1 saturated heterocycles. The van der Waals surface area contributed by atoms with Gasteiger partial charge in [-0.05, 0) is 50.7 Å². The summed E-state index contributed by atoms with van der Waals surface area (Å²) in [6.45, 7) is 5.85. The van der Waals surface area contributed by atoms with Crippen LogP contribution in [0.2, 0.25) is 0 Å². The zero-order valence-corrected chi connectivity index (χ0v) is 16.1. The Bertz CT molecular complexity index is 740. The summed E-state index contributed by atoms with van der Waals surface area (Å²) in [5.41, 5.74) is 0.620. The third kappa shape index (κ3) is 3.75. The molecule has 1 unspecified atom stereocenters. The minimum atomic E-state index is -0.304. The highest BCUT2D eigenvalue weighted by atomic mass is 16.6. The SMILES string of the molecule is CC1CCC(C)(NC(=O)C2CC(=O)N(c3ccc4c(c3)OCCO4)C2)CC1. The minimum absolute atomic E-state index is 0.000413. The molecule has 27 heavy (non-hydrogen) atoms. The first-order chi connectivity index (χ1) is 12.9. The molecule has 2 aliphatic heterocycles. The number of nitrogens with zero attached hydrogens (tertiary/aromatic N) is 1. The van der Waals surface area contributed by atoms with E-state index in [-0.39, 0.29) is 29.7 Å². The van der Waals surface area contributed by atoms with Crippen LogP contribution < -0.4 is 19.7 Å². The summed E-state index contributed by atoms with van der Waals surface area (Å²) >= 11 is 0. The number of hydrogen-bond acceptors (Lipinski definition) is 4. The van der Waals surface area contributed by atoms with Gasteiger partial charge in [0, 0.05) is 30.3 Å². The molecule has 6 nitrogen and oxygen atoms in total. The maximum absolute atomic E-state index is 12.8. The lowest BCUT2D eigenvalue weighted by Crippen LogP contribution is -2.50. The van der Waals surface area contributed by atoms with Crippen molar-refractivity contribution in [3.05, 3.63) is 18.2 Å². The van der Waals surface area contributed by atoms with Gasteiger partial charge in [0.25, 0.3) is 0 Å². The molecule has 4 rings (SSSR count). The van der Waals surface area contributed by atoms with Crippen molar-refractivity contribution in [2.45, 2.75) is 51.5 Å². The van der Waals surface area contributed by atoms with Crippen molar-refractivity contribution in [2.75, 3.05) is 24.7 Å². The van der Waals surface area contributed by atoms with Crippen LogP contribution in [0.25, 0.3) is 0 Å². The number of carbonyl (C=O) groups excluding carboxylic acids is 2. The Morgan fingerprint density at radius 1 is 1.19 bits per heavy atom. The van der Waals surface area contributed by atoms with E-state index in [2.05, 4.69) is 19.2 Å². The molecular weight excluding hydrogens is 344 g/mol. The molecule has 0 spiro atoms. The zero-order chi connectivity index (χ0) is 19.0. The highest BCUT2D eigenvalue weighted by Crippen LogP contribution is 2.36. The molecule has 1 N–H and O–H groups in total. The first-order valence-electron chi connectivity index (χ1n) is 9.96. The van der Waals surface area contributed by atoms with Gasteiger partial charge in [0.1, 0.15) is 13.2 Å². The van der Waals surface area contributed by atoms with E-state index in [1.54, 1.807) is 4.90 Å². The van der Waals surface area contributed by atoms with Gasteiger partial charge >= 0.3 is 0 Å². The van der Waals surface area contributed by atoms with Gasteiger partial charge in [-0.1, -0.05) is 6.92 Å². The number of hydrogen-bond donors (Lipinski definition) is 1. The summed E-state index contributed by atoms with van der Waals surface area (Å²) in [7, 11) is 0. The van der Waals surface area contributed by atoms with Crippen LogP contribution in [0.5, 0.6) is 11.5 Å². The highest BCUT2D eigenvalue weighted by Gasteiger charge is 2.39. The van der Waals surface area contributed by atoms with Gasteiger partial charge in [-0.2, -0.15) is 0 Å². The van der Waals surface area contributed by atoms with Crippen LogP contribution in [0, 0.1) is 11.8 Å². The van der Waals surface area contributed by atoms with E-state index in [0.29, 0.717) is 31.3 Å². The van der Waals surface area contributed by atoms with E-state index in [9.17, 15) is 9.59 Å². The molecule has 1 aromatic carbocycles. The summed E-state index contributed by atoms with van der Waals surface area (Å²) < 4.78 is 11.2. The Hall–Kier alpha value is -2.24. The number of rotatable bonds is 3. The predicted octanol–water partition coefficient (Wildman–Crippen LogP) is 2.90. The summed E-state index contributed by atoms with van der Waals surface area (Å²) in [5, 5.41) is 3.24. The number of nitrogens with one attached hydrogen (secondary N) is 1. The van der Waals surface area contributed by atoms with Crippen LogP contribution in [0.15, 0.2) is 18.2 Å². The second kappa shape index (κ2) is 7.06. The topological polar surface area (TPSA) is 67.9 Å². The van der Waals surface area contributed by atoms with E-state index < -0.39 is 0 Å². The number of ether oxygens (including phenoxy) is 2. The fourth-order valence-corrected chi connectivity index (χ4v) is 4.26. The highest BCUT2D eigenvalue weighted by molar-refractivity contribution is 6.00. The first kappa shape index (κ1) is 18.1. The van der Waals surface area contributed by atoms with E-state index >= 15 is 0 Å². The molecule has 1 aromatic rings. The maximum Gasteiger partial charge on any atom is 0.227 e. The molecular formula is C21H28N2O4. The third-order valence-electron chi connectivity index (χ3n) is 6.14. The van der Waals surface area contributed by atoms with Gasteiger partial charge in [0.15, 0.2) is 11.5 Å². The molecule has 1 saturated carbocycles. The monoisotopic (exact) mass is 372 g/mol. The normalized spacial score (nSPS) is 30.3. The fourth-order valence-electron chi connectivity index (χ4n) is 4.26.